The van der Waals surface area contributed by atoms with Crippen molar-refractivity contribution in [3.63, 3.8) is 0 Å². The second-order valence-corrected chi connectivity index (χ2v) is 5.88. The monoisotopic (exact) mass is 310 g/mol. The van der Waals surface area contributed by atoms with Crippen LogP contribution in [-0.2, 0) is 16.0 Å². The van der Waals surface area contributed by atoms with Crippen LogP contribution in [-0.4, -0.2) is 36.2 Å². The maximum absolute atomic E-state index is 12.5. The van der Waals surface area contributed by atoms with Crippen molar-refractivity contribution in [1.82, 2.24) is 4.90 Å². The van der Waals surface area contributed by atoms with Crippen molar-refractivity contribution in [2.45, 2.75) is 32.7 Å². The molecule has 1 aromatic carbocycles. The fourth-order valence-corrected chi connectivity index (χ4v) is 2.46. The first-order valence-corrected chi connectivity index (χ1v) is 7.55. The third-order valence-corrected chi connectivity index (χ3v) is 3.63. The third kappa shape index (κ3) is 5.48. The van der Waals surface area contributed by atoms with Gasteiger partial charge in [0.15, 0.2) is 0 Å². The largest absolute Gasteiger partial charge is 0.331 e. The summed E-state index contributed by atoms with van der Waals surface area (Å²) in [6, 6.07) is 6.80. The van der Waals surface area contributed by atoms with Crippen LogP contribution in [0.3, 0.4) is 0 Å². The average Bonchev–Trinajstić information content (AvgIpc) is 2.44. The van der Waals surface area contributed by atoms with E-state index in [2.05, 4.69) is 0 Å². The second kappa shape index (κ2) is 8.80. The number of carbonyl (C=O) groups excluding carboxylic acids is 2. The van der Waals surface area contributed by atoms with E-state index >= 15 is 0 Å². The number of amides is 1. The van der Waals surface area contributed by atoms with Crippen molar-refractivity contribution in [1.29, 1.82) is 0 Å². The Morgan fingerprint density at radius 2 is 2.05 bits per heavy atom. The Bertz CT molecular complexity index is 477. The van der Waals surface area contributed by atoms with E-state index in [-0.39, 0.29) is 12.3 Å². The molecule has 0 fully saturated rings. The zero-order valence-corrected chi connectivity index (χ0v) is 13.3. The Labute approximate surface area is 131 Å². The smallest absolute Gasteiger partial charge is 0.227 e. The second-order valence-electron chi connectivity index (χ2n) is 5.48. The molecule has 1 aromatic rings. The highest BCUT2D eigenvalue weighted by Gasteiger charge is 2.24. The van der Waals surface area contributed by atoms with E-state index in [1.807, 2.05) is 32.0 Å². The van der Waals surface area contributed by atoms with E-state index in [1.165, 1.54) is 0 Å². The zero-order valence-electron chi connectivity index (χ0n) is 12.6. The Morgan fingerprint density at radius 3 is 2.57 bits per heavy atom. The normalized spacial score (nSPS) is 12.2. The van der Waals surface area contributed by atoms with E-state index in [0.29, 0.717) is 30.5 Å². The van der Waals surface area contributed by atoms with Gasteiger partial charge in [0.25, 0.3) is 0 Å². The molecule has 1 amide bonds. The summed E-state index contributed by atoms with van der Waals surface area (Å²) in [5, 5.41) is 0.560. The van der Waals surface area contributed by atoms with Gasteiger partial charge < -0.3 is 15.4 Å². The summed E-state index contributed by atoms with van der Waals surface area (Å²) in [4.78, 5) is 25.4. The molecular weight excluding hydrogens is 288 g/mol. The van der Waals surface area contributed by atoms with Gasteiger partial charge >= 0.3 is 0 Å². The predicted octanol–water partition coefficient (Wildman–Crippen LogP) is 2.28. The van der Waals surface area contributed by atoms with Crippen molar-refractivity contribution in [2.75, 3.05) is 13.1 Å². The van der Waals surface area contributed by atoms with Crippen molar-refractivity contribution < 1.29 is 9.59 Å². The fourth-order valence-electron chi connectivity index (χ4n) is 2.26. The maximum atomic E-state index is 12.5. The highest BCUT2D eigenvalue weighted by molar-refractivity contribution is 6.31. The van der Waals surface area contributed by atoms with Crippen LogP contribution >= 0.6 is 11.6 Å². The molecule has 0 spiro atoms. The minimum Gasteiger partial charge on any atom is -0.331 e. The molecule has 0 aromatic heterocycles. The van der Waals surface area contributed by atoms with Gasteiger partial charge in [0.1, 0.15) is 6.29 Å². The van der Waals surface area contributed by atoms with Crippen LogP contribution in [0, 0.1) is 5.92 Å². The molecule has 4 nitrogen and oxygen atoms in total. The number of hydrogen-bond donors (Lipinski definition) is 1. The standard InChI is InChI=1S/C16H23ClN2O2/c1-12(2)9-14(11-20)19(8-7-18)16(21)10-13-5-3-4-6-15(13)17/h3-6,11-12,14H,7-10,18H2,1-2H3/t14-/m0/s1. The number of hydrogen-bond acceptors (Lipinski definition) is 3. The number of rotatable bonds is 8. The Kier molecular flexibility index (Phi) is 7.40. The number of nitrogens with two attached hydrogens (primary N) is 1. The maximum Gasteiger partial charge on any atom is 0.227 e. The van der Waals surface area contributed by atoms with Gasteiger partial charge in [-0.25, -0.2) is 0 Å². The summed E-state index contributed by atoms with van der Waals surface area (Å²) in [7, 11) is 0. The quantitative estimate of drug-likeness (QED) is 0.749. The molecule has 0 saturated heterocycles. The fraction of sp³-hybridized carbons (Fsp3) is 0.500. The molecule has 0 unspecified atom stereocenters. The highest BCUT2D eigenvalue weighted by atomic mass is 35.5. The summed E-state index contributed by atoms with van der Waals surface area (Å²) in [5.41, 5.74) is 6.34. The molecule has 0 aliphatic rings. The molecule has 116 valence electrons. The highest BCUT2D eigenvalue weighted by Crippen LogP contribution is 2.18. The van der Waals surface area contributed by atoms with Gasteiger partial charge in [0.05, 0.1) is 12.5 Å². The number of carbonyl (C=O) groups is 2. The van der Waals surface area contributed by atoms with Crippen LogP contribution in [0.15, 0.2) is 24.3 Å². The Balaban J connectivity index is 2.86. The lowest BCUT2D eigenvalue weighted by Gasteiger charge is -2.29. The molecule has 0 heterocycles. The van der Waals surface area contributed by atoms with Crippen molar-refractivity contribution in [2.24, 2.45) is 11.7 Å². The first-order chi connectivity index (χ1) is 9.99. The summed E-state index contributed by atoms with van der Waals surface area (Å²) >= 11 is 6.08. The Morgan fingerprint density at radius 1 is 1.38 bits per heavy atom. The Hall–Kier alpha value is -1.39. The molecule has 0 saturated carbocycles. The molecule has 1 rings (SSSR count). The molecule has 1 atom stereocenters. The van der Waals surface area contributed by atoms with Gasteiger partial charge in [0, 0.05) is 18.1 Å². The predicted molar refractivity (Wildman–Crippen MR) is 85.2 cm³/mol. The van der Waals surface area contributed by atoms with Crippen molar-refractivity contribution in [3.05, 3.63) is 34.9 Å². The van der Waals surface area contributed by atoms with Crippen LogP contribution in [0.4, 0.5) is 0 Å². The summed E-state index contributed by atoms with van der Waals surface area (Å²) in [6.07, 6.45) is 1.65. The molecule has 21 heavy (non-hydrogen) atoms. The van der Waals surface area contributed by atoms with Crippen LogP contribution in [0.25, 0.3) is 0 Å². The van der Waals surface area contributed by atoms with E-state index in [1.54, 1.807) is 11.0 Å². The van der Waals surface area contributed by atoms with Crippen LogP contribution in [0.1, 0.15) is 25.8 Å². The van der Waals surface area contributed by atoms with E-state index < -0.39 is 6.04 Å². The molecule has 0 aliphatic heterocycles. The van der Waals surface area contributed by atoms with Gasteiger partial charge in [-0.1, -0.05) is 43.6 Å². The van der Waals surface area contributed by atoms with Gasteiger partial charge in [-0.15, -0.1) is 0 Å². The van der Waals surface area contributed by atoms with Crippen LogP contribution < -0.4 is 5.73 Å². The lowest BCUT2D eigenvalue weighted by Crippen LogP contribution is -2.45. The SMILES string of the molecule is CC(C)C[C@@H](C=O)N(CCN)C(=O)Cc1ccccc1Cl. The first-order valence-electron chi connectivity index (χ1n) is 7.17. The average molecular weight is 311 g/mol. The van der Waals surface area contributed by atoms with Crippen molar-refractivity contribution in [3.8, 4) is 0 Å². The van der Waals surface area contributed by atoms with Gasteiger partial charge in [-0.2, -0.15) is 0 Å². The van der Waals surface area contributed by atoms with Gasteiger partial charge in [-0.05, 0) is 24.0 Å². The van der Waals surface area contributed by atoms with E-state index in [4.69, 9.17) is 17.3 Å². The minimum atomic E-state index is -0.427. The molecule has 0 radical (unpaired) electrons. The molecule has 0 bridgehead atoms. The number of benzene rings is 1. The lowest BCUT2D eigenvalue weighted by atomic mass is 10.0. The van der Waals surface area contributed by atoms with Crippen LogP contribution in [0.5, 0.6) is 0 Å². The van der Waals surface area contributed by atoms with Crippen LogP contribution in [0.2, 0.25) is 5.02 Å². The minimum absolute atomic E-state index is 0.119. The van der Waals surface area contributed by atoms with Crippen molar-refractivity contribution >= 4 is 23.8 Å². The summed E-state index contributed by atoms with van der Waals surface area (Å²) < 4.78 is 0. The number of halogens is 1. The topological polar surface area (TPSA) is 63.4 Å². The first kappa shape index (κ1) is 17.7. The number of nitrogens with zero attached hydrogens (tertiary/aromatic N) is 1. The van der Waals surface area contributed by atoms with E-state index in [0.717, 1.165) is 11.8 Å². The molecule has 2 N–H and O–H groups in total. The molecule has 5 heteroatoms. The van der Waals surface area contributed by atoms with E-state index in [9.17, 15) is 9.59 Å². The zero-order chi connectivity index (χ0) is 15.8. The molecule has 0 aliphatic carbocycles. The van der Waals surface area contributed by atoms with Gasteiger partial charge in [0.2, 0.25) is 5.91 Å². The lowest BCUT2D eigenvalue weighted by molar-refractivity contribution is -0.136. The summed E-state index contributed by atoms with van der Waals surface area (Å²) in [5.74, 6) is 0.208. The third-order valence-electron chi connectivity index (χ3n) is 3.26. The summed E-state index contributed by atoms with van der Waals surface area (Å²) in [6.45, 7) is 4.75. The number of aldehydes is 1. The molecular formula is C16H23ClN2O2. The van der Waals surface area contributed by atoms with Gasteiger partial charge in [-0.3, -0.25) is 4.79 Å².